The first-order valence-electron chi connectivity index (χ1n) is 11.2. The summed E-state index contributed by atoms with van der Waals surface area (Å²) in [6.07, 6.45) is -1.89. The number of nitrogens with zero attached hydrogens (tertiary/aromatic N) is 5. The zero-order valence-corrected chi connectivity index (χ0v) is 19.2. The molecule has 0 saturated carbocycles. The van der Waals surface area contributed by atoms with Gasteiger partial charge in [-0.05, 0) is 39.4 Å². The molecule has 2 aliphatic heterocycles. The first-order valence-corrected chi connectivity index (χ1v) is 11.2. The van der Waals surface area contributed by atoms with E-state index >= 15 is 0 Å². The molecule has 4 heterocycles. The number of aromatic nitrogens is 3. The average Bonchev–Trinajstić information content (AvgIpc) is 3.20. The Morgan fingerprint density at radius 1 is 1.12 bits per heavy atom. The molecule has 2 aromatic heterocycles. The van der Waals surface area contributed by atoms with Crippen LogP contribution in [0.15, 0.2) is 30.5 Å². The van der Waals surface area contributed by atoms with Gasteiger partial charge in [-0.2, -0.15) is 18.3 Å². The maximum Gasteiger partial charge on any atom is 0.419 e. The summed E-state index contributed by atoms with van der Waals surface area (Å²) in [6, 6.07) is 4.47. The summed E-state index contributed by atoms with van der Waals surface area (Å²) in [5, 5.41) is 13.0. The van der Waals surface area contributed by atoms with Crippen LogP contribution in [0.2, 0.25) is 0 Å². The molecule has 6 nitrogen and oxygen atoms in total. The molecule has 0 unspecified atom stereocenters. The molecular weight excluding hydrogens is 448 g/mol. The van der Waals surface area contributed by atoms with Crippen molar-refractivity contribution in [1.29, 1.82) is 0 Å². The quantitative estimate of drug-likeness (QED) is 0.548. The summed E-state index contributed by atoms with van der Waals surface area (Å²) >= 11 is 0. The molecule has 2 aliphatic rings. The second kappa shape index (κ2) is 8.04. The topological polar surface area (TPSA) is 57.2 Å². The van der Waals surface area contributed by atoms with Crippen molar-refractivity contribution < 1.29 is 17.6 Å². The van der Waals surface area contributed by atoms with Crippen molar-refractivity contribution in [1.82, 2.24) is 20.1 Å². The molecule has 2 saturated heterocycles. The Bertz CT molecular complexity index is 1240. The number of pyridine rings is 1. The van der Waals surface area contributed by atoms with E-state index in [2.05, 4.69) is 37.3 Å². The van der Waals surface area contributed by atoms with Crippen LogP contribution in [0.3, 0.4) is 0 Å². The van der Waals surface area contributed by atoms with Crippen LogP contribution in [0.25, 0.3) is 10.8 Å². The van der Waals surface area contributed by atoms with Crippen LogP contribution >= 0.6 is 0 Å². The highest BCUT2D eigenvalue weighted by atomic mass is 19.4. The standard InChI is InChI=1S/C24H26F4N6/c1-14(16-5-4-6-19(21(16)25)24(26,27)28)30-22-17-9-20(29-10-18(17)15(2)31-32-22)34-8-7-23(13-34)11-33(3)12-23/h4-6,9-10,14H,7-8,11-13H2,1-3H3,(H,30,32)/t14-/m1/s1. The van der Waals surface area contributed by atoms with Crippen LogP contribution in [0.4, 0.5) is 29.2 Å². The molecule has 2 fully saturated rings. The van der Waals surface area contributed by atoms with Crippen molar-refractivity contribution in [2.45, 2.75) is 32.5 Å². The third-order valence-electron chi connectivity index (χ3n) is 6.96. The van der Waals surface area contributed by atoms with Crippen LogP contribution in [-0.2, 0) is 6.18 Å². The van der Waals surface area contributed by atoms with Crippen molar-refractivity contribution in [3.05, 3.63) is 53.1 Å². The van der Waals surface area contributed by atoms with Gasteiger partial charge < -0.3 is 15.1 Å². The number of benzene rings is 1. The van der Waals surface area contributed by atoms with Gasteiger partial charge in [0.05, 0.1) is 17.3 Å². The van der Waals surface area contributed by atoms with Gasteiger partial charge in [0.1, 0.15) is 11.6 Å². The van der Waals surface area contributed by atoms with Crippen LogP contribution in [-0.4, -0.2) is 53.3 Å². The third-order valence-corrected chi connectivity index (χ3v) is 6.96. The molecule has 1 spiro atoms. The Labute approximate surface area is 195 Å². The van der Waals surface area contributed by atoms with Crippen LogP contribution in [0.1, 0.15) is 36.2 Å². The minimum absolute atomic E-state index is 0.0878. The van der Waals surface area contributed by atoms with E-state index in [0.29, 0.717) is 16.9 Å². The molecule has 34 heavy (non-hydrogen) atoms. The lowest BCUT2D eigenvalue weighted by Gasteiger charge is -2.46. The fourth-order valence-corrected chi connectivity index (χ4v) is 5.31. The monoisotopic (exact) mass is 474 g/mol. The van der Waals surface area contributed by atoms with Crippen LogP contribution in [0, 0.1) is 18.2 Å². The number of halogens is 4. The molecule has 0 radical (unpaired) electrons. The molecule has 0 bridgehead atoms. The first kappa shape index (κ1) is 22.8. The summed E-state index contributed by atoms with van der Waals surface area (Å²) in [5.74, 6) is -0.0762. The smallest absolute Gasteiger partial charge is 0.361 e. The van der Waals surface area contributed by atoms with E-state index in [1.54, 1.807) is 13.1 Å². The minimum Gasteiger partial charge on any atom is -0.361 e. The fourth-order valence-electron chi connectivity index (χ4n) is 5.31. The maximum atomic E-state index is 14.7. The van der Waals surface area contributed by atoms with Crippen molar-refractivity contribution in [2.24, 2.45) is 5.41 Å². The van der Waals surface area contributed by atoms with E-state index in [1.807, 2.05) is 13.0 Å². The molecule has 10 heteroatoms. The summed E-state index contributed by atoms with van der Waals surface area (Å²) < 4.78 is 54.2. The molecule has 5 rings (SSSR count). The highest BCUT2D eigenvalue weighted by molar-refractivity contribution is 5.94. The van der Waals surface area contributed by atoms with Gasteiger partial charge in [-0.3, -0.25) is 0 Å². The van der Waals surface area contributed by atoms with E-state index in [9.17, 15) is 17.6 Å². The number of fused-ring (bicyclic) bond motifs is 1. The second-order valence-corrected chi connectivity index (χ2v) is 9.64. The Balaban J connectivity index is 1.46. The number of nitrogens with one attached hydrogen (secondary N) is 1. The molecule has 3 aromatic rings. The van der Waals surface area contributed by atoms with E-state index in [1.165, 1.54) is 12.1 Å². The zero-order chi connectivity index (χ0) is 24.3. The molecule has 0 amide bonds. The lowest BCUT2D eigenvalue weighted by Crippen LogP contribution is -2.55. The van der Waals surface area contributed by atoms with Gasteiger partial charge in [0, 0.05) is 54.1 Å². The molecule has 180 valence electrons. The van der Waals surface area contributed by atoms with Crippen molar-refractivity contribution in [3.63, 3.8) is 0 Å². The summed E-state index contributed by atoms with van der Waals surface area (Å²) in [7, 11) is 2.12. The first-order chi connectivity index (χ1) is 16.1. The predicted molar refractivity (Wildman–Crippen MR) is 122 cm³/mol. The molecule has 1 aromatic carbocycles. The SMILES string of the molecule is Cc1nnc(N[C@H](C)c2cccc(C(F)(F)F)c2F)c2cc(N3CCC4(CN(C)C4)C3)ncc12. The largest absolute Gasteiger partial charge is 0.419 e. The van der Waals surface area contributed by atoms with Crippen molar-refractivity contribution >= 4 is 22.4 Å². The van der Waals surface area contributed by atoms with Gasteiger partial charge in [0.25, 0.3) is 0 Å². The normalized spacial score (nSPS) is 19.0. The Morgan fingerprint density at radius 2 is 1.88 bits per heavy atom. The van der Waals surface area contributed by atoms with Gasteiger partial charge in [-0.15, -0.1) is 5.10 Å². The number of anilines is 2. The Kier molecular flexibility index (Phi) is 5.38. The van der Waals surface area contributed by atoms with E-state index < -0.39 is 23.6 Å². The van der Waals surface area contributed by atoms with Gasteiger partial charge in [-0.1, -0.05) is 12.1 Å². The van der Waals surface area contributed by atoms with E-state index in [4.69, 9.17) is 0 Å². The maximum absolute atomic E-state index is 14.7. The number of rotatable bonds is 4. The molecule has 1 atom stereocenters. The highest BCUT2D eigenvalue weighted by Crippen LogP contribution is 2.41. The number of likely N-dealkylation sites (tertiary alicyclic amines) is 1. The number of alkyl halides is 3. The molecule has 0 aliphatic carbocycles. The predicted octanol–water partition coefficient (Wildman–Crippen LogP) is 4.81. The summed E-state index contributed by atoms with van der Waals surface area (Å²) in [4.78, 5) is 9.23. The van der Waals surface area contributed by atoms with Crippen molar-refractivity contribution in [3.8, 4) is 0 Å². The molecular formula is C24H26F4N6. The zero-order valence-electron chi connectivity index (χ0n) is 19.2. The highest BCUT2D eigenvalue weighted by Gasteiger charge is 2.46. The molecule has 1 N–H and O–H groups in total. The Hall–Kier alpha value is -3.01. The van der Waals surface area contributed by atoms with Gasteiger partial charge in [-0.25, -0.2) is 9.37 Å². The van der Waals surface area contributed by atoms with Gasteiger partial charge in [0.15, 0.2) is 5.82 Å². The minimum atomic E-state index is -4.76. The number of aryl methyl sites for hydroxylation is 1. The average molecular weight is 475 g/mol. The van der Waals surface area contributed by atoms with Crippen LogP contribution in [0.5, 0.6) is 0 Å². The number of hydrogen-bond donors (Lipinski definition) is 1. The van der Waals surface area contributed by atoms with Gasteiger partial charge >= 0.3 is 6.18 Å². The number of hydrogen-bond acceptors (Lipinski definition) is 6. The summed E-state index contributed by atoms with van der Waals surface area (Å²) in [5.41, 5.74) is -0.366. The summed E-state index contributed by atoms with van der Waals surface area (Å²) in [6.45, 7) is 7.43. The van der Waals surface area contributed by atoms with Crippen molar-refractivity contribution in [2.75, 3.05) is 43.4 Å². The third kappa shape index (κ3) is 3.93. The van der Waals surface area contributed by atoms with E-state index in [-0.39, 0.29) is 5.56 Å². The van der Waals surface area contributed by atoms with E-state index in [0.717, 1.165) is 55.3 Å². The second-order valence-electron chi connectivity index (χ2n) is 9.64. The fraction of sp³-hybridized carbons (Fsp3) is 0.458. The lowest BCUT2D eigenvalue weighted by molar-refractivity contribution is -0.140. The van der Waals surface area contributed by atoms with Crippen LogP contribution < -0.4 is 10.2 Å². The van der Waals surface area contributed by atoms with Gasteiger partial charge in [0.2, 0.25) is 0 Å². The Morgan fingerprint density at radius 3 is 2.59 bits per heavy atom. The lowest BCUT2D eigenvalue weighted by atomic mass is 9.79.